The highest BCUT2D eigenvalue weighted by Crippen LogP contribution is 2.16. The molecule has 1 saturated heterocycles. The van der Waals surface area contributed by atoms with E-state index in [0.29, 0.717) is 26.1 Å². The van der Waals surface area contributed by atoms with E-state index < -0.39 is 10.0 Å². The summed E-state index contributed by atoms with van der Waals surface area (Å²) in [7, 11) is -3.68. The van der Waals surface area contributed by atoms with Gasteiger partial charge in [-0.15, -0.1) is 0 Å². The quantitative estimate of drug-likeness (QED) is 0.741. The van der Waals surface area contributed by atoms with E-state index in [1.807, 2.05) is 0 Å². The van der Waals surface area contributed by atoms with Crippen LogP contribution in [-0.4, -0.2) is 49.9 Å². The summed E-state index contributed by atoms with van der Waals surface area (Å²) in [6, 6.07) is 6.24. The highest BCUT2D eigenvalue weighted by atomic mass is 32.2. The summed E-state index contributed by atoms with van der Waals surface area (Å²) >= 11 is 1.28. The predicted octanol–water partition coefficient (Wildman–Crippen LogP) is 0.552. The Morgan fingerprint density at radius 3 is 2.57 bits per heavy atom. The first kappa shape index (κ1) is 17.8. The van der Waals surface area contributed by atoms with Gasteiger partial charge in [0.15, 0.2) is 0 Å². The first-order valence-electron chi connectivity index (χ1n) is 7.16. The fraction of sp³-hybridized carbons (Fsp3) is 0.429. The molecule has 0 radical (unpaired) electrons. The average Bonchev–Trinajstić information content (AvgIpc) is 2.90. The largest absolute Gasteiger partial charge is 0.356 e. The minimum absolute atomic E-state index is 0.0349. The molecule has 0 unspecified atom stereocenters. The van der Waals surface area contributed by atoms with Gasteiger partial charge in [0, 0.05) is 31.8 Å². The zero-order valence-electron chi connectivity index (χ0n) is 12.5. The number of hydrogen-bond acceptors (Lipinski definition) is 5. The van der Waals surface area contributed by atoms with E-state index in [1.54, 1.807) is 17.0 Å². The van der Waals surface area contributed by atoms with Crippen molar-refractivity contribution in [3.05, 3.63) is 29.8 Å². The zero-order valence-corrected chi connectivity index (χ0v) is 14.2. The van der Waals surface area contributed by atoms with Crippen LogP contribution in [0.2, 0.25) is 0 Å². The van der Waals surface area contributed by atoms with Gasteiger partial charge in [-0.1, -0.05) is 23.9 Å². The Morgan fingerprint density at radius 1 is 1.30 bits per heavy atom. The van der Waals surface area contributed by atoms with E-state index in [4.69, 9.17) is 5.14 Å². The maximum Gasteiger partial charge on any atom is 0.281 e. The molecule has 3 N–H and O–H groups in total. The molecule has 7 nitrogen and oxygen atoms in total. The summed E-state index contributed by atoms with van der Waals surface area (Å²) in [5.41, 5.74) is 0.906. The summed E-state index contributed by atoms with van der Waals surface area (Å²) in [5, 5.41) is 7.85. The van der Waals surface area contributed by atoms with Crippen LogP contribution in [-0.2, 0) is 21.2 Å². The van der Waals surface area contributed by atoms with Gasteiger partial charge in [-0.05, 0) is 24.1 Å². The number of primary sulfonamides is 1. The Kier molecular flexibility index (Phi) is 6.03. The van der Waals surface area contributed by atoms with E-state index in [1.165, 1.54) is 23.9 Å². The topological polar surface area (TPSA) is 110 Å². The van der Waals surface area contributed by atoms with Crippen molar-refractivity contribution >= 4 is 32.9 Å². The van der Waals surface area contributed by atoms with Gasteiger partial charge in [-0.25, -0.2) is 13.6 Å². The van der Waals surface area contributed by atoms with Crippen molar-refractivity contribution in [1.29, 1.82) is 0 Å². The molecule has 1 aromatic rings. The SMILES string of the molecule is NS(=O)(=O)c1ccc(CCNC(=O)CCN2CCSC2=O)cc1. The van der Waals surface area contributed by atoms with Crippen molar-refractivity contribution in [2.24, 2.45) is 5.14 Å². The molecule has 9 heteroatoms. The number of nitrogens with one attached hydrogen (secondary N) is 1. The van der Waals surface area contributed by atoms with E-state index in [2.05, 4.69) is 5.32 Å². The average molecular weight is 357 g/mol. The summed E-state index contributed by atoms with van der Waals surface area (Å²) in [5.74, 6) is 0.686. The van der Waals surface area contributed by atoms with Crippen LogP contribution in [0.5, 0.6) is 0 Å². The van der Waals surface area contributed by atoms with Crippen LogP contribution in [0.3, 0.4) is 0 Å². The molecule has 1 aliphatic rings. The molecule has 0 aliphatic carbocycles. The molecule has 1 fully saturated rings. The Labute approximate surface area is 139 Å². The number of carbonyl (C=O) groups is 2. The molecule has 1 aliphatic heterocycles. The van der Waals surface area contributed by atoms with Crippen LogP contribution < -0.4 is 10.5 Å². The van der Waals surface area contributed by atoms with Crippen molar-refractivity contribution in [3.8, 4) is 0 Å². The molecule has 126 valence electrons. The smallest absolute Gasteiger partial charge is 0.281 e. The van der Waals surface area contributed by atoms with Gasteiger partial charge in [0.05, 0.1) is 4.90 Å². The Balaban J connectivity index is 1.70. The number of amides is 2. The van der Waals surface area contributed by atoms with Crippen LogP contribution in [0.25, 0.3) is 0 Å². The summed E-state index contributed by atoms with van der Waals surface area (Å²) in [6.07, 6.45) is 0.881. The second kappa shape index (κ2) is 7.80. The number of rotatable bonds is 7. The second-order valence-electron chi connectivity index (χ2n) is 5.14. The lowest BCUT2D eigenvalue weighted by Crippen LogP contribution is -2.31. The van der Waals surface area contributed by atoms with Gasteiger partial charge in [-0.3, -0.25) is 9.59 Å². The fourth-order valence-electron chi connectivity index (χ4n) is 2.15. The van der Waals surface area contributed by atoms with Gasteiger partial charge in [0.25, 0.3) is 5.24 Å². The molecule has 2 rings (SSSR count). The Morgan fingerprint density at radius 2 is 2.00 bits per heavy atom. The van der Waals surface area contributed by atoms with E-state index in [0.717, 1.165) is 11.3 Å². The van der Waals surface area contributed by atoms with Crippen LogP contribution in [0.4, 0.5) is 4.79 Å². The number of hydrogen-bond donors (Lipinski definition) is 2. The number of benzene rings is 1. The zero-order chi connectivity index (χ0) is 16.9. The van der Waals surface area contributed by atoms with Crippen LogP contribution in [0.1, 0.15) is 12.0 Å². The van der Waals surface area contributed by atoms with E-state index in [-0.39, 0.29) is 22.5 Å². The molecule has 0 bridgehead atoms. The lowest BCUT2D eigenvalue weighted by Gasteiger charge is -2.13. The summed E-state index contributed by atoms with van der Waals surface area (Å²) in [6.45, 7) is 1.60. The Hall–Kier alpha value is -1.58. The molecule has 23 heavy (non-hydrogen) atoms. The fourth-order valence-corrected chi connectivity index (χ4v) is 3.51. The second-order valence-corrected chi connectivity index (χ2v) is 7.75. The number of nitrogens with two attached hydrogens (primary N) is 1. The number of nitrogens with zero attached hydrogens (tertiary/aromatic N) is 1. The van der Waals surface area contributed by atoms with Gasteiger partial charge >= 0.3 is 0 Å². The highest BCUT2D eigenvalue weighted by Gasteiger charge is 2.21. The van der Waals surface area contributed by atoms with Crippen LogP contribution in [0.15, 0.2) is 29.2 Å². The molecule has 1 heterocycles. The number of carbonyl (C=O) groups excluding carboxylic acids is 2. The van der Waals surface area contributed by atoms with Crippen molar-refractivity contribution in [1.82, 2.24) is 10.2 Å². The molecule has 2 amide bonds. The molecular weight excluding hydrogens is 338 g/mol. The Bertz CT molecular complexity index is 674. The van der Waals surface area contributed by atoms with Crippen molar-refractivity contribution in [3.63, 3.8) is 0 Å². The van der Waals surface area contributed by atoms with Crippen molar-refractivity contribution < 1.29 is 18.0 Å². The molecule has 1 aromatic carbocycles. The molecule has 0 aromatic heterocycles. The highest BCUT2D eigenvalue weighted by molar-refractivity contribution is 8.13. The summed E-state index contributed by atoms with van der Waals surface area (Å²) < 4.78 is 22.3. The maximum atomic E-state index is 11.7. The van der Waals surface area contributed by atoms with Gasteiger partial charge in [0.2, 0.25) is 15.9 Å². The molecular formula is C14H19N3O4S2. The van der Waals surface area contributed by atoms with Gasteiger partial charge < -0.3 is 10.2 Å². The lowest BCUT2D eigenvalue weighted by atomic mass is 10.1. The minimum atomic E-state index is -3.68. The normalized spacial score (nSPS) is 15.0. The molecule has 0 atom stereocenters. The van der Waals surface area contributed by atoms with Crippen LogP contribution in [0, 0.1) is 0 Å². The van der Waals surface area contributed by atoms with Crippen molar-refractivity contribution in [2.75, 3.05) is 25.4 Å². The van der Waals surface area contributed by atoms with Gasteiger partial charge in [-0.2, -0.15) is 0 Å². The maximum absolute atomic E-state index is 11.7. The molecule has 0 spiro atoms. The van der Waals surface area contributed by atoms with Gasteiger partial charge in [0.1, 0.15) is 0 Å². The first-order chi connectivity index (χ1) is 10.9. The minimum Gasteiger partial charge on any atom is -0.356 e. The first-order valence-corrected chi connectivity index (χ1v) is 9.69. The molecule has 0 saturated carbocycles. The third-order valence-electron chi connectivity index (χ3n) is 3.44. The predicted molar refractivity (Wildman–Crippen MR) is 88.6 cm³/mol. The number of sulfonamides is 1. The number of thioether (sulfide) groups is 1. The van der Waals surface area contributed by atoms with E-state index in [9.17, 15) is 18.0 Å². The summed E-state index contributed by atoms with van der Waals surface area (Å²) in [4.78, 5) is 24.9. The van der Waals surface area contributed by atoms with Crippen molar-refractivity contribution in [2.45, 2.75) is 17.7 Å². The lowest BCUT2D eigenvalue weighted by molar-refractivity contribution is -0.121. The monoisotopic (exact) mass is 357 g/mol. The van der Waals surface area contributed by atoms with Crippen LogP contribution >= 0.6 is 11.8 Å². The third-order valence-corrected chi connectivity index (χ3v) is 5.26. The standard InChI is InChI=1S/C14H19N3O4S2/c15-23(20,21)12-3-1-11(2-4-12)5-7-16-13(18)6-8-17-9-10-22-14(17)19/h1-4H,5-10H2,(H,16,18)(H2,15,20,21). The van der Waals surface area contributed by atoms with E-state index >= 15 is 0 Å². The third kappa shape index (κ3) is 5.52.